The molecule has 2 N–H and O–H groups in total. The minimum absolute atomic E-state index is 0.267. The molecule has 0 aromatic heterocycles. The first kappa shape index (κ1) is 20.6. The SMILES string of the molecule is CCC1(CCCCCCc2cc(CCCCC3(C)CC3)c(O)cc2O)CC1. The van der Waals surface area contributed by atoms with E-state index in [4.69, 9.17) is 0 Å². The molecular formula is C25H40O2. The highest BCUT2D eigenvalue weighted by Crippen LogP contribution is 2.52. The lowest BCUT2D eigenvalue weighted by molar-refractivity contribution is 0.419. The van der Waals surface area contributed by atoms with Crippen molar-refractivity contribution in [3.05, 3.63) is 23.3 Å². The number of unbranched alkanes of at least 4 members (excludes halogenated alkanes) is 4. The number of phenols is 2. The average Bonchev–Trinajstić information content (AvgIpc) is 3.56. The molecule has 152 valence electrons. The normalized spacial score (nSPS) is 19.2. The molecule has 1 aromatic rings. The molecule has 2 aliphatic carbocycles. The zero-order valence-corrected chi connectivity index (χ0v) is 17.7. The van der Waals surface area contributed by atoms with Crippen molar-refractivity contribution in [1.29, 1.82) is 0 Å². The Morgan fingerprint density at radius 2 is 1.30 bits per heavy atom. The average molecular weight is 373 g/mol. The number of aromatic hydroxyl groups is 2. The largest absolute Gasteiger partial charge is 0.508 e. The first-order valence-corrected chi connectivity index (χ1v) is 11.5. The van der Waals surface area contributed by atoms with Crippen LogP contribution in [0, 0.1) is 10.8 Å². The molecular weight excluding hydrogens is 332 g/mol. The summed E-state index contributed by atoms with van der Waals surface area (Å²) in [4.78, 5) is 0. The van der Waals surface area contributed by atoms with Crippen LogP contribution in [-0.2, 0) is 12.8 Å². The van der Waals surface area contributed by atoms with Crippen LogP contribution in [0.2, 0.25) is 0 Å². The predicted octanol–water partition coefficient (Wildman–Crippen LogP) is 7.29. The smallest absolute Gasteiger partial charge is 0.122 e. The Kier molecular flexibility index (Phi) is 6.76. The predicted molar refractivity (Wildman–Crippen MR) is 113 cm³/mol. The third-order valence-electron chi connectivity index (χ3n) is 7.47. The Bertz CT molecular complexity index is 611. The Labute approximate surface area is 166 Å². The molecule has 2 fully saturated rings. The van der Waals surface area contributed by atoms with Crippen molar-refractivity contribution >= 4 is 0 Å². The molecule has 2 nitrogen and oxygen atoms in total. The van der Waals surface area contributed by atoms with E-state index in [0.717, 1.165) is 42.2 Å². The molecule has 2 saturated carbocycles. The Morgan fingerprint density at radius 1 is 0.741 bits per heavy atom. The number of hydrogen-bond acceptors (Lipinski definition) is 2. The second-order valence-electron chi connectivity index (χ2n) is 9.90. The zero-order chi connectivity index (χ0) is 19.3. The Balaban J connectivity index is 1.37. The van der Waals surface area contributed by atoms with Crippen molar-refractivity contribution in [3.63, 3.8) is 0 Å². The molecule has 1 aromatic carbocycles. The Hall–Kier alpha value is -1.18. The van der Waals surface area contributed by atoms with E-state index < -0.39 is 0 Å². The second kappa shape index (κ2) is 8.88. The maximum atomic E-state index is 10.2. The third-order valence-corrected chi connectivity index (χ3v) is 7.47. The summed E-state index contributed by atoms with van der Waals surface area (Å²) in [5, 5.41) is 20.4. The maximum Gasteiger partial charge on any atom is 0.122 e. The standard InChI is InChI=1S/C25H40O2/c1-3-25(16-17-25)13-8-5-4-6-10-20-18-21(23(27)19-22(20)26)11-7-9-12-24(2)14-15-24/h18-19,26-27H,3-17H2,1-2H3. The summed E-state index contributed by atoms with van der Waals surface area (Å²) >= 11 is 0. The number of benzene rings is 1. The van der Waals surface area contributed by atoms with Crippen molar-refractivity contribution in [3.8, 4) is 11.5 Å². The summed E-state index contributed by atoms with van der Waals surface area (Å²) in [5.74, 6) is 0.535. The summed E-state index contributed by atoms with van der Waals surface area (Å²) in [6.07, 6.45) is 19.0. The second-order valence-corrected chi connectivity index (χ2v) is 9.90. The van der Waals surface area contributed by atoms with Gasteiger partial charge in [-0.25, -0.2) is 0 Å². The number of hydrogen-bond donors (Lipinski definition) is 2. The first-order valence-electron chi connectivity index (χ1n) is 11.5. The van der Waals surface area contributed by atoms with Crippen molar-refractivity contribution < 1.29 is 10.2 Å². The van der Waals surface area contributed by atoms with E-state index in [2.05, 4.69) is 19.9 Å². The van der Waals surface area contributed by atoms with Crippen LogP contribution in [0.1, 0.15) is 108 Å². The minimum atomic E-state index is 0.267. The van der Waals surface area contributed by atoms with Gasteiger partial charge in [0.15, 0.2) is 0 Å². The van der Waals surface area contributed by atoms with Crippen LogP contribution in [0.15, 0.2) is 12.1 Å². The fourth-order valence-electron chi connectivity index (χ4n) is 4.53. The van der Waals surface area contributed by atoms with Gasteiger partial charge in [0.05, 0.1) is 0 Å². The van der Waals surface area contributed by atoms with E-state index in [0.29, 0.717) is 5.41 Å². The van der Waals surface area contributed by atoms with E-state index in [-0.39, 0.29) is 11.5 Å². The molecule has 0 atom stereocenters. The van der Waals surface area contributed by atoms with E-state index in [1.807, 2.05) is 0 Å². The topological polar surface area (TPSA) is 40.5 Å². The fourth-order valence-corrected chi connectivity index (χ4v) is 4.53. The van der Waals surface area contributed by atoms with Gasteiger partial charge in [-0.3, -0.25) is 0 Å². The van der Waals surface area contributed by atoms with Crippen LogP contribution in [0.25, 0.3) is 0 Å². The number of aryl methyl sites for hydroxylation is 2. The molecule has 0 saturated heterocycles. The fraction of sp³-hybridized carbons (Fsp3) is 0.760. The molecule has 0 aliphatic heterocycles. The minimum Gasteiger partial charge on any atom is -0.508 e. The molecule has 0 bridgehead atoms. The van der Waals surface area contributed by atoms with Gasteiger partial charge in [-0.2, -0.15) is 0 Å². The van der Waals surface area contributed by atoms with Crippen molar-refractivity contribution in [1.82, 2.24) is 0 Å². The molecule has 0 radical (unpaired) electrons. The third kappa shape index (κ3) is 6.16. The molecule has 0 amide bonds. The highest BCUT2D eigenvalue weighted by atomic mass is 16.3. The first-order chi connectivity index (χ1) is 13.0. The summed E-state index contributed by atoms with van der Waals surface area (Å²) in [7, 11) is 0. The van der Waals surface area contributed by atoms with Gasteiger partial charge < -0.3 is 10.2 Å². The molecule has 0 heterocycles. The molecule has 3 rings (SSSR count). The van der Waals surface area contributed by atoms with Crippen molar-refractivity contribution in [2.75, 3.05) is 0 Å². The monoisotopic (exact) mass is 372 g/mol. The van der Waals surface area contributed by atoms with E-state index >= 15 is 0 Å². The van der Waals surface area contributed by atoms with Gasteiger partial charge in [0.25, 0.3) is 0 Å². The molecule has 2 aliphatic rings. The van der Waals surface area contributed by atoms with Gasteiger partial charge in [0.1, 0.15) is 11.5 Å². The van der Waals surface area contributed by atoms with Gasteiger partial charge in [0.2, 0.25) is 0 Å². The highest BCUT2D eigenvalue weighted by molar-refractivity contribution is 5.45. The summed E-state index contributed by atoms with van der Waals surface area (Å²) < 4.78 is 0. The van der Waals surface area contributed by atoms with Gasteiger partial charge in [0, 0.05) is 6.07 Å². The summed E-state index contributed by atoms with van der Waals surface area (Å²) in [6, 6.07) is 3.62. The number of rotatable bonds is 13. The van der Waals surface area contributed by atoms with Gasteiger partial charge in [-0.1, -0.05) is 46.0 Å². The number of phenolic OH excluding ortho intramolecular Hbond substituents is 2. The lowest BCUT2D eigenvalue weighted by Crippen LogP contribution is -1.98. The van der Waals surface area contributed by atoms with Crippen LogP contribution in [-0.4, -0.2) is 10.2 Å². The summed E-state index contributed by atoms with van der Waals surface area (Å²) in [6.45, 7) is 4.72. The molecule has 27 heavy (non-hydrogen) atoms. The van der Waals surface area contributed by atoms with Crippen LogP contribution >= 0.6 is 0 Å². The van der Waals surface area contributed by atoms with Crippen LogP contribution < -0.4 is 0 Å². The Morgan fingerprint density at radius 3 is 1.85 bits per heavy atom. The lowest BCUT2D eigenvalue weighted by Gasteiger charge is -2.12. The van der Waals surface area contributed by atoms with Gasteiger partial charge in [-0.15, -0.1) is 0 Å². The van der Waals surface area contributed by atoms with Crippen LogP contribution in [0.3, 0.4) is 0 Å². The van der Waals surface area contributed by atoms with Crippen LogP contribution in [0.5, 0.6) is 11.5 Å². The van der Waals surface area contributed by atoms with E-state index in [1.165, 1.54) is 70.6 Å². The van der Waals surface area contributed by atoms with Gasteiger partial charge >= 0.3 is 0 Å². The molecule has 0 unspecified atom stereocenters. The van der Waals surface area contributed by atoms with Crippen molar-refractivity contribution in [2.45, 2.75) is 110 Å². The molecule has 2 heteroatoms. The summed E-state index contributed by atoms with van der Waals surface area (Å²) in [5.41, 5.74) is 3.38. The molecule has 0 spiro atoms. The quantitative estimate of drug-likeness (QED) is 0.357. The zero-order valence-electron chi connectivity index (χ0n) is 17.7. The maximum absolute atomic E-state index is 10.2. The lowest BCUT2D eigenvalue weighted by atomic mass is 9.94. The van der Waals surface area contributed by atoms with Crippen molar-refractivity contribution in [2.24, 2.45) is 10.8 Å². The van der Waals surface area contributed by atoms with Gasteiger partial charge in [-0.05, 0) is 92.2 Å². The van der Waals surface area contributed by atoms with E-state index in [9.17, 15) is 10.2 Å². The highest BCUT2D eigenvalue weighted by Gasteiger charge is 2.39. The van der Waals surface area contributed by atoms with E-state index in [1.54, 1.807) is 6.07 Å². The van der Waals surface area contributed by atoms with Crippen LogP contribution in [0.4, 0.5) is 0 Å².